The molecule has 0 N–H and O–H groups in total. The van der Waals surface area contributed by atoms with Crippen molar-refractivity contribution in [3.8, 4) is 0 Å². The van der Waals surface area contributed by atoms with E-state index in [-0.39, 0.29) is 11.7 Å². The fourth-order valence-corrected chi connectivity index (χ4v) is 2.77. The number of hydrogen-bond donors (Lipinski definition) is 0. The van der Waals surface area contributed by atoms with Crippen molar-refractivity contribution in [1.82, 2.24) is 14.9 Å². The van der Waals surface area contributed by atoms with Crippen LogP contribution in [0.15, 0.2) is 30.3 Å². The van der Waals surface area contributed by atoms with E-state index in [2.05, 4.69) is 14.9 Å². The van der Waals surface area contributed by atoms with Gasteiger partial charge in [-0.05, 0) is 38.1 Å². The molecule has 0 aliphatic carbocycles. The zero-order valence-electron chi connectivity index (χ0n) is 13.3. The lowest BCUT2D eigenvalue weighted by atomic mass is 10.2. The summed E-state index contributed by atoms with van der Waals surface area (Å²) in [4.78, 5) is 25.1. The second kappa shape index (κ2) is 6.32. The van der Waals surface area contributed by atoms with Crippen LogP contribution >= 0.6 is 0 Å². The molecule has 120 valence electrons. The zero-order chi connectivity index (χ0) is 16.4. The summed E-state index contributed by atoms with van der Waals surface area (Å²) in [7, 11) is 0. The molecule has 5 nitrogen and oxygen atoms in total. The van der Waals surface area contributed by atoms with E-state index in [1.807, 2.05) is 19.9 Å². The normalized spacial score (nSPS) is 14.9. The van der Waals surface area contributed by atoms with Crippen molar-refractivity contribution in [2.75, 3.05) is 31.1 Å². The molecule has 6 heteroatoms. The van der Waals surface area contributed by atoms with Crippen molar-refractivity contribution >= 4 is 11.7 Å². The molecule has 1 aromatic carbocycles. The first kappa shape index (κ1) is 15.4. The molecule has 1 aromatic heterocycles. The van der Waals surface area contributed by atoms with E-state index in [0.29, 0.717) is 18.7 Å². The van der Waals surface area contributed by atoms with Gasteiger partial charge in [0.15, 0.2) is 0 Å². The van der Waals surface area contributed by atoms with Crippen LogP contribution in [0.3, 0.4) is 0 Å². The number of piperazine rings is 1. The lowest BCUT2D eigenvalue weighted by Gasteiger charge is -2.35. The molecule has 2 heterocycles. The molecule has 23 heavy (non-hydrogen) atoms. The van der Waals surface area contributed by atoms with Gasteiger partial charge in [0.05, 0.1) is 0 Å². The number of amides is 1. The highest BCUT2D eigenvalue weighted by Crippen LogP contribution is 2.16. The van der Waals surface area contributed by atoms with Crippen LogP contribution in [0.4, 0.5) is 10.2 Å². The first-order chi connectivity index (χ1) is 11.0. The van der Waals surface area contributed by atoms with Gasteiger partial charge in [-0.2, -0.15) is 0 Å². The largest absolute Gasteiger partial charge is 0.353 e. The maximum Gasteiger partial charge on any atom is 0.253 e. The maximum absolute atomic E-state index is 13.0. The van der Waals surface area contributed by atoms with Crippen molar-refractivity contribution in [2.45, 2.75) is 13.8 Å². The number of nitrogens with zero attached hydrogens (tertiary/aromatic N) is 4. The van der Waals surface area contributed by atoms with Crippen molar-refractivity contribution in [1.29, 1.82) is 0 Å². The molecule has 3 rings (SSSR count). The summed E-state index contributed by atoms with van der Waals surface area (Å²) >= 11 is 0. The topological polar surface area (TPSA) is 49.3 Å². The van der Waals surface area contributed by atoms with Crippen LogP contribution in [-0.2, 0) is 0 Å². The molecule has 1 aliphatic rings. The fraction of sp³-hybridized carbons (Fsp3) is 0.353. The number of benzene rings is 1. The fourth-order valence-electron chi connectivity index (χ4n) is 2.77. The molecule has 0 unspecified atom stereocenters. The number of aryl methyl sites for hydroxylation is 2. The van der Waals surface area contributed by atoms with E-state index in [4.69, 9.17) is 0 Å². The summed E-state index contributed by atoms with van der Waals surface area (Å²) in [6.07, 6.45) is 0. The van der Waals surface area contributed by atoms with Crippen LogP contribution < -0.4 is 4.90 Å². The number of carbonyl (C=O) groups is 1. The number of anilines is 1. The molecule has 0 spiro atoms. The third kappa shape index (κ3) is 3.47. The van der Waals surface area contributed by atoms with Crippen LogP contribution in [0.1, 0.15) is 21.9 Å². The average Bonchev–Trinajstić information content (AvgIpc) is 2.54. The van der Waals surface area contributed by atoms with Gasteiger partial charge >= 0.3 is 0 Å². The average molecular weight is 314 g/mol. The minimum absolute atomic E-state index is 0.0558. The first-order valence-corrected chi connectivity index (χ1v) is 7.65. The second-order valence-electron chi connectivity index (χ2n) is 5.70. The van der Waals surface area contributed by atoms with Gasteiger partial charge in [-0.25, -0.2) is 14.4 Å². The van der Waals surface area contributed by atoms with Crippen molar-refractivity contribution in [3.05, 3.63) is 53.2 Å². The maximum atomic E-state index is 13.0. The number of carbonyl (C=O) groups excluding carboxylic acids is 1. The highest BCUT2D eigenvalue weighted by atomic mass is 19.1. The van der Waals surface area contributed by atoms with Crippen LogP contribution in [0.25, 0.3) is 0 Å². The van der Waals surface area contributed by atoms with Crippen LogP contribution in [-0.4, -0.2) is 47.0 Å². The van der Waals surface area contributed by atoms with Crippen LogP contribution in [0, 0.1) is 19.7 Å². The smallest absolute Gasteiger partial charge is 0.253 e. The molecule has 0 saturated carbocycles. The van der Waals surface area contributed by atoms with Crippen LogP contribution in [0.5, 0.6) is 0 Å². The van der Waals surface area contributed by atoms with Gasteiger partial charge in [-0.15, -0.1) is 0 Å². The Labute approximate surface area is 134 Å². The third-order valence-electron chi connectivity index (χ3n) is 3.93. The predicted octanol–water partition coefficient (Wildman–Crippen LogP) is 2.19. The molecule has 1 fully saturated rings. The van der Waals surface area contributed by atoms with E-state index in [9.17, 15) is 9.18 Å². The number of rotatable bonds is 2. The first-order valence-electron chi connectivity index (χ1n) is 7.65. The van der Waals surface area contributed by atoms with Crippen molar-refractivity contribution in [2.24, 2.45) is 0 Å². The van der Waals surface area contributed by atoms with Gasteiger partial charge in [-0.3, -0.25) is 4.79 Å². The molecular weight excluding hydrogens is 295 g/mol. The predicted molar refractivity (Wildman–Crippen MR) is 86.0 cm³/mol. The van der Waals surface area contributed by atoms with Gasteiger partial charge in [0, 0.05) is 43.5 Å². The van der Waals surface area contributed by atoms with E-state index in [1.54, 1.807) is 4.90 Å². The summed E-state index contributed by atoms with van der Waals surface area (Å²) in [5, 5.41) is 0. The zero-order valence-corrected chi connectivity index (χ0v) is 13.3. The summed E-state index contributed by atoms with van der Waals surface area (Å²) in [6, 6.07) is 7.65. The minimum atomic E-state index is -0.333. The molecule has 0 radical (unpaired) electrons. The Morgan fingerprint density at radius 3 is 2.30 bits per heavy atom. The van der Waals surface area contributed by atoms with Crippen molar-refractivity contribution in [3.63, 3.8) is 0 Å². The Hall–Kier alpha value is -2.50. The van der Waals surface area contributed by atoms with Gasteiger partial charge < -0.3 is 9.80 Å². The second-order valence-corrected chi connectivity index (χ2v) is 5.70. The molecule has 0 bridgehead atoms. The van der Waals surface area contributed by atoms with Gasteiger partial charge in [0.1, 0.15) is 17.5 Å². The molecule has 1 aliphatic heterocycles. The van der Waals surface area contributed by atoms with Gasteiger partial charge in [0.25, 0.3) is 5.91 Å². The highest BCUT2D eigenvalue weighted by Gasteiger charge is 2.23. The Morgan fingerprint density at radius 2 is 1.70 bits per heavy atom. The van der Waals surface area contributed by atoms with E-state index in [1.165, 1.54) is 24.3 Å². The molecule has 1 saturated heterocycles. The Balaban J connectivity index is 1.66. The lowest BCUT2D eigenvalue weighted by molar-refractivity contribution is 0.0746. The van der Waals surface area contributed by atoms with Gasteiger partial charge in [-0.1, -0.05) is 0 Å². The third-order valence-corrected chi connectivity index (χ3v) is 3.93. The van der Waals surface area contributed by atoms with E-state index >= 15 is 0 Å². The van der Waals surface area contributed by atoms with E-state index in [0.717, 1.165) is 30.4 Å². The SMILES string of the molecule is Cc1cc(N2CCN(C(=O)c3ccc(F)cc3)CC2)nc(C)n1. The molecule has 2 aromatic rings. The van der Waals surface area contributed by atoms with E-state index < -0.39 is 0 Å². The highest BCUT2D eigenvalue weighted by molar-refractivity contribution is 5.94. The van der Waals surface area contributed by atoms with Crippen LogP contribution in [0.2, 0.25) is 0 Å². The quantitative estimate of drug-likeness (QED) is 0.852. The van der Waals surface area contributed by atoms with Crippen molar-refractivity contribution < 1.29 is 9.18 Å². The molecule has 1 amide bonds. The summed E-state index contributed by atoms with van der Waals surface area (Å²) in [6.45, 7) is 6.53. The minimum Gasteiger partial charge on any atom is -0.353 e. The monoisotopic (exact) mass is 314 g/mol. The Morgan fingerprint density at radius 1 is 1.04 bits per heavy atom. The Kier molecular flexibility index (Phi) is 4.23. The molecular formula is C17H19FN4O. The van der Waals surface area contributed by atoms with Gasteiger partial charge in [0.2, 0.25) is 0 Å². The number of halogens is 1. The summed E-state index contributed by atoms with van der Waals surface area (Å²) in [5.41, 5.74) is 1.46. The Bertz CT molecular complexity index is 689. The number of hydrogen-bond acceptors (Lipinski definition) is 4. The summed E-state index contributed by atoms with van der Waals surface area (Å²) < 4.78 is 13.0. The summed E-state index contributed by atoms with van der Waals surface area (Å²) in [5.74, 6) is 1.27. The number of aromatic nitrogens is 2. The standard InChI is InChI=1S/C17H19FN4O/c1-12-11-16(20-13(2)19-12)21-7-9-22(10-8-21)17(23)14-3-5-15(18)6-4-14/h3-6,11H,7-10H2,1-2H3. The molecule has 0 atom stereocenters. The lowest BCUT2D eigenvalue weighted by Crippen LogP contribution is -2.49.